The van der Waals surface area contributed by atoms with Crippen molar-refractivity contribution in [2.24, 2.45) is 5.92 Å². The van der Waals surface area contributed by atoms with E-state index in [0.717, 1.165) is 31.4 Å². The second-order valence-corrected chi connectivity index (χ2v) is 11.8. The van der Waals surface area contributed by atoms with Gasteiger partial charge in [0, 0.05) is 32.8 Å². The highest BCUT2D eigenvalue weighted by molar-refractivity contribution is 6.23. The molecule has 0 spiro atoms. The summed E-state index contributed by atoms with van der Waals surface area (Å²) < 4.78 is 45.3. The predicted molar refractivity (Wildman–Crippen MR) is 147 cm³/mol. The maximum Gasteiger partial charge on any atom is 0.416 e. The van der Waals surface area contributed by atoms with Crippen molar-refractivity contribution in [2.75, 3.05) is 44.2 Å². The fourth-order valence-corrected chi connectivity index (χ4v) is 6.76. The third kappa shape index (κ3) is 5.28. The number of carbonyl (C=O) groups is 3. The van der Waals surface area contributed by atoms with E-state index in [1.165, 1.54) is 17.0 Å². The van der Waals surface area contributed by atoms with Gasteiger partial charge in [-0.3, -0.25) is 19.3 Å². The number of hydrogen-bond donors (Lipinski definition) is 1. The van der Waals surface area contributed by atoms with E-state index in [9.17, 15) is 32.7 Å². The number of carbonyl (C=O) groups excluding carboxylic acids is 3. The Kier molecular flexibility index (Phi) is 7.51. The summed E-state index contributed by atoms with van der Waals surface area (Å²) in [7, 11) is 0. The normalized spacial score (nSPS) is 24.3. The molecule has 0 bridgehead atoms. The molecule has 0 aliphatic carbocycles. The van der Waals surface area contributed by atoms with E-state index in [1.807, 2.05) is 11.0 Å². The monoisotopic (exact) mass is 585 g/mol. The first-order chi connectivity index (χ1) is 20.0. The molecule has 0 saturated carbocycles. The number of halogens is 3. The Labute approximate surface area is 242 Å². The number of likely N-dealkylation sites (tertiary alicyclic amines) is 1. The highest BCUT2D eigenvalue weighted by Gasteiger charge is 2.42. The maximum absolute atomic E-state index is 13.6. The molecule has 3 saturated heterocycles. The lowest BCUT2D eigenvalue weighted by molar-refractivity contribution is -0.140. The molecule has 1 N–H and O–H groups in total. The van der Waals surface area contributed by atoms with E-state index < -0.39 is 17.3 Å². The van der Waals surface area contributed by atoms with E-state index in [4.69, 9.17) is 4.74 Å². The minimum Gasteiger partial charge on any atom is -0.385 e. The predicted octanol–water partition coefficient (Wildman–Crippen LogP) is 4.21. The van der Waals surface area contributed by atoms with E-state index in [2.05, 4.69) is 0 Å². The van der Waals surface area contributed by atoms with Crippen LogP contribution in [-0.2, 0) is 21.3 Å². The number of hydrogen-bond acceptors (Lipinski definition) is 6. The number of benzene rings is 2. The molecule has 4 aliphatic heterocycles. The Morgan fingerprint density at radius 1 is 1.00 bits per heavy atom. The van der Waals surface area contributed by atoms with Gasteiger partial charge >= 0.3 is 6.18 Å². The molecule has 6 rings (SSSR count). The molecule has 224 valence electrons. The number of fused-ring (bicyclic) bond motifs is 1. The molecule has 0 aromatic heterocycles. The first-order valence-electron chi connectivity index (χ1n) is 14.6. The van der Waals surface area contributed by atoms with Crippen molar-refractivity contribution < 1.29 is 37.4 Å². The van der Waals surface area contributed by atoms with Crippen LogP contribution in [0, 0.1) is 5.92 Å². The molecule has 3 amide bonds. The number of aliphatic hydroxyl groups is 1. The minimum atomic E-state index is -4.50. The van der Waals surface area contributed by atoms with Gasteiger partial charge < -0.3 is 19.6 Å². The lowest BCUT2D eigenvalue weighted by Crippen LogP contribution is -2.50. The van der Waals surface area contributed by atoms with E-state index in [-0.39, 0.29) is 67.8 Å². The third-order valence-electron chi connectivity index (χ3n) is 9.13. The average molecular weight is 586 g/mol. The third-order valence-corrected chi connectivity index (χ3v) is 9.13. The smallest absolute Gasteiger partial charge is 0.385 e. The summed E-state index contributed by atoms with van der Waals surface area (Å²) >= 11 is 0. The van der Waals surface area contributed by atoms with E-state index >= 15 is 0 Å². The Morgan fingerprint density at radius 2 is 1.76 bits per heavy atom. The lowest BCUT2D eigenvalue weighted by Gasteiger charge is -2.41. The fourth-order valence-electron chi connectivity index (χ4n) is 6.76. The van der Waals surface area contributed by atoms with Crippen molar-refractivity contribution in [3.05, 3.63) is 64.7 Å². The molecular formula is C31H34F3N3O5. The number of piperidine rings is 2. The zero-order chi connectivity index (χ0) is 29.6. The average Bonchev–Trinajstić information content (AvgIpc) is 3.60. The summed E-state index contributed by atoms with van der Waals surface area (Å²) in [6, 6.07) is 10.0. The standard InChI is InChI=1S/C31H34F3N3O5/c32-31(33,34)22-7-1-6-21(17-22)30(41)11-14-35(15-12-30)27(38)20-5-3-13-36(18-20)25-10-2-9-24-26(25)29(40)37(28(24)39)19-23-8-4-16-42-23/h1-2,6-7,9-10,17,20,23,41H,3-5,8,11-16,18-19H2/t20-,23+/m0/s1. The van der Waals surface area contributed by atoms with Crippen LogP contribution < -0.4 is 4.90 Å². The van der Waals surface area contributed by atoms with Gasteiger partial charge in [0.25, 0.3) is 11.8 Å². The molecule has 4 heterocycles. The Bertz CT molecular complexity index is 1380. The van der Waals surface area contributed by atoms with Gasteiger partial charge in [0.1, 0.15) is 0 Å². The number of rotatable bonds is 5. The first kappa shape index (κ1) is 28.7. The lowest BCUT2D eigenvalue weighted by atomic mass is 9.83. The van der Waals surface area contributed by atoms with Gasteiger partial charge in [0.15, 0.2) is 0 Å². The number of nitrogens with zero attached hydrogens (tertiary/aromatic N) is 3. The minimum absolute atomic E-state index is 0.0687. The molecule has 0 unspecified atom stereocenters. The summed E-state index contributed by atoms with van der Waals surface area (Å²) in [5.41, 5.74) is -0.651. The van der Waals surface area contributed by atoms with Crippen LogP contribution in [0.3, 0.4) is 0 Å². The fraction of sp³-hybridized carbons (Fsp3) is 0.516. The Balaban J connectivity index is 1.13. The second kappa shape index (κ2) is 11.0. The highest BCUT2D eigenvalue weighted by atomic mass is 19.4. The van der Waals surface area contributed by atoms with Crippen LogP contribution in [0.4, 0.5) is 18.9 Å². The van der Waals surface area contributed by atoms with Crippen LogP contribution in [-0.4, -0.2) is 78.1 Å². The topological polar surface area (TPSA) is 90.4 Å². The van der Waals surface area contributed by atoms with E-state index in [0.29, 0.717) is 42.9 Å². The Morgan fingerprint density at radius 3 is 2.48 bits per heavy atom. The quantitative estimate of drug-likeness (QED) is 0.529. The van der Waals surface area contributed by atoms with Crippen molar-refractivity contribution in [3.63, 3.8) is 0 Å². The largest absolute Gasteiger partial charge is 0.416 e. The van der Waals surface area contributed by atoms with Gasteiger partial charge in [0.2, 0.25) is 5.91 Å². The van der Waals surface area contributed by atoms with Crippen LogP contribution in [0.5, 0.6) is 0 Å². The van der Waals surface area contributed by atoms with Crippen molar-refractivity contribution >= 4 is 23.4 Å². The van der Waals surface area contributed by atoms with Gasteiger partial charge in [-0.05, 0) is 68.4 Å². The number of alkyl halides is 3. The molecule has 4 aliphatic rings. The molecule has 8 nitrogen and oxygen atoms in total. The molecule has 2 aromatic rings. The zero-order valence-corrected chi connectivity index (χ0v) is 23.2. The van der Waals surface area contributed by atoms with Crippen LogP contribution >= 0.6 is 0 Å². The van der Waals surface area contributed by atoms with Crippen LogP contribution in [0.1, 0.15) is 70.4 Å². The molecule has 2 atom stereocenters. The molecule has 42 heavy (non-hydrogen) atoms. The molecule has 2 aromatic carbocycles. The summed E-state index contributed by atoms with van der Waals surface area (Å²) in [5, 5.41) is 11.2. The van der Waals surface area contributed by atoms with Crippen LogP contribution in [0.25, 0.3) is 0 Å². The SMILES string of the molecule is O=C([C@H]1CCCN(c2cccc3c2C(=O)N(C[C@H]2CCCO2)C3=O)C1)N1CCC(O)(c2cccc(C(F)(F)F)c2)CC1. The number of imide groups is 1. The van der Waals surface area contributed by atoms with Crippen molar-refractivity contribution in [2.45, 2.75) is 56.4 Å². The Hall–Kier alpha value is -3.44. The molecule has 0 radical (unpaired) electrons. The van der Waals surface area contributed by atoms with Crippen molar-refractivity contribution in [1.29, 1.82) is 0 Å². The zero-order valence-electron chi connectivity index (χ0n) is 23.2. The number of ether oxygens (including phenoxy) is 1. The summed E-state index contributed by atoms with van der Waals surface area (Å²) in [5.74, 6) is -1.07. The van der Waals surface area contributed by atoms with Gasteiger partial charge in [-0.1, -0.05) is 18.2 Å². The molecule has 3 fully saturated rings. The molecule has 11 heteroatoms. The van der Waals surface area contributed by atoms with Crippen LogP contribution in [0.15, 0.2) is 42.5 Å². The summed E-state index contributed by atoms with van der Waals surface area (Å²) in [6.45, 7) is 2.35. The molecular weight excluding hydrogens is 551 g/mol. The van der Waals surface area contributed by atoms with Crippen LogP contribution in [0.2, 0.25) is 0 Å². The summed E-state index contributed by atoms with van der Waals surface area (Å²) in [4.78, 5) is 45.1. The van der Waals surface area contributed by atoms with Gasteiger partial charge in [-0.2, -0.15) is 13.2 Å². The van der Waals surface area contributed by atoms with Gasteiger partial charge in [0.05, 0.1) is 46.5 Å². The number of amides is 3. The van der Waals surface area contributed by atoms with Gasteiger partial charge in [-0.15, -0.1) is 0 Å². The second-order valence-electron chi connectivity index (χ2n) is 11.8. The highest BCUT2D eigenvalue weighted by Crippen LogP contribution is 2.38. The van der Waals surface area contributed by atoms with Crippen molar-refractivity contribution in [1.82, 2.24) is 9.80 Å². The maximum atomic E-state index is 13.6. The van der Waals surface area contributed by atoms with Gasteiger partial charge in [-0.25, -0.2) is 0 Å². The van der Waals surface area contributed by atoms with E-state index in [1.54, 1.807) is 17.0 Å². The summed E-state index contributed by atoms with van der Waals surface area (Å²) in [6.07, 6.45) is -1.27. The van der Waals surface area contributed by atoms with Crippen molar-refractivity contribution in [3.8, 4) is 0 Å². The number of anilines is 1. The first-order valence-corrected chi connectivity index (χ1v) is 14.6.